The maximum Gasteiger partial charge on any atom is 0.310 e. The van der Waals surface area contributed by atoms with Gasteiger partial charge < -0.3 is 34.6 Å². The highest BCUT2D eigenvalue weighted by Gasteiger charge is 2.70. The lowest BCUT2D eigenvalue weighted by molar-refractivity contribution is -0.314. The summed E-state index contributed by atoms with van der Waals surface area (Å²) in [6.45, 7) is 15.1. The quantitative estimate of drug-likeness (QED) is 0.179. The molecule has 13 atom stereocenters. The molecule has 0 amide bonds. The first-order valence-electron chi connectivity index (χ1n) is 17.7. The number of fused-ring (bicyclic) bond motifs is 7. The Balaban J connectivity index is 1.31. The Bertz CT molecular complexity index is 1260. The molecule has 0 bridgehead atoms. The summed E-state index contributed by atoms with van der Waals surface area (Å²) in [5, 5.41) is 42.6. The summed E-state index contributed by atoms with van der Waals surface area (Å²) in [5.41, 5.74) is 0.0770. The van der Waals surface area contributed by atoms with Crippen molar-refractivity contribution in [2.24, 2.45) is 50.2 Å². The van der Waals surface area contributed by atoms with E-state index in [4.69, 9.17) is 14.2 Å². The van der Waals surface area contributed by atoms with Crippen molar-refractivity contribution in [1.82, 2.24) is 0 Å². The van der Waals surface area contributed by atoms with Crippen LogP contribution in [0.1, 0.15) is 113 Å². The molecule has 5 fully saturated rings. The third-order valence-corrected chi connectivity index (χ3v) is 15.2. The summed E-state index contributed by atoms with van der Waals surface area (Å²) in [7, 11) is 0. The normalized spacial score (nSPS) is 51.4. The summed E-state index contributed by atoms with van der Waals surface area (Å²) in [6, 6.07) is 0. The highest BCUT2D eigenvalue weighted by Crippen LogP contribution is 2.76. The number of carboxylic acid groups (broad SMARTS) is 1. The number of ether oxygens (including phenoxy) is 3. The highest BCUT2D eigenvalue weighted by molar-refractivity contribution is 5.76. The van der Waals surface area contributed by atoms with E-state index in [2.05, 4.69) is 47.6 Å². The van der Waals surface area contributed by atoms with E-state index in [1.165, 1.54) is 12.5 Å². The Morgan fingerprint density at radius 3 is 2.30 bits per heavy atom. The van der Waals surface area contributed by atoms with E-state index < -0.39 is 53.5 Å². The number of aliphatic hydroxyl groups is 3. The van der Waals surface area contributed by atoms with Crippen molar-refractivity contribution in [2.75, 3.05) is 13.2 Å². The molecule has 0 spiro atoms. The van der Waals surface area contributed by atoms with Gasteiger partial charge in [-0.25, -0.2) is 0 Å². The molecule has 4 saturated carbocycles. The van der Waals surface area contributed by atoms with Crippen molar-refractivity contribution in [3.05, 3.63) is 11.6 Å². The predicted octanol–water partition coefficient (Wildman–Crippen LogP) is 5.24. The van der Waals surface area contributed by atoms with Crippen molar-refractivity contribution < 1.29 is 44.2 Å². The maximum absolute atomic E-state index is 13.0. The van der Waals surface area contributed by atoms with Crippen molar-refractivity contribution in [3.63, 3.8) is 0 Å². The maximum atomic E-state index is 13.0. The third kappa shape index (κ3) is 4.79. The van der Waals surface area contributed by atoms with Crippen LogP contribution in [0.4, 0.5) is 0 Å². The molecular weight excluding hydrogens is 588 g/mol. The number of carbonyl (C=O) groups is 2. The number of hydrogen-bond acceptors (Lipinski definition) is 8. The van der Waals surface area contributed by atoms with Crippen LogP contribution < -0.4 is 0 Å². The smallest absolute Gasteiger partial charge is 0.310 e. The van der Waals surface area contributed by atoms with E-state index in [0.717, 1.165) is 57.8 Å². The average Bonchev–Trinajstić information content (AvgIpc) is 2.98. The Morgan fingerprint density at radius 1 is 0.957 bits per heavy atom. The molecule has 260 valence electrons. The zero-order chi connectivity index (χ0) is 33.7. The van der Waals surface area contributed by atoms with Gasteiger partial charge in [0.1, 0.15) is 12.2 Å². The lowest BCUT2D eigenvalue weighted by atomic mass is 9.33. The molecule has 0 aromatic heterocycles. The van der Waals surface area contributed by atoms with Gasteiger partial charge in [0.15, 0.2) is 12.4 Å². The minimum atomic E-state index is -1.33. The number of rotatable bonds is 5. The molecule has 6 rings (SSSR count). The standard InChI is InChI=1S/C37H58O9/c1-21(39)45-29-28(41)24(40)19-44-30(29)46-27-11-12-33(4)25(34(27,5)20-38)10-13-36(7)26(33)9-8-22-23-18-32(2,3)14-16-37(23,31(42)43)17-15-35(22,36)6/h8,23-30,38,40-41H,9-20H2,1-7H3,(H,42,43)/t23-,24-,25+,26+,27-,28-,29+,30-,33-,34-,35+,36+,37-/m0/s1. The zero-order valence-corrected chi connectivity index (χ0v) is 29.0. The number of esters is 1. The van der Waals surface area contributed by atoms with Crippen LogP contribution in [0.2, 0.25) is 0 Å². The van der Waals surface area contributed by atoms with Crippen LogP contribution in [0.5, 0.6) is 0 Å². The first-order chi connectivity index (χ1) is 21.4. The molecule has 0 unspecified atom stereocenters. The van der Waals surface area contributed by atoms with Gasteiger partial charge in [0.05, 0.1) is 24.7 Å². The van der Waals surface area contributed by atoms with Crippen molar-refractivity contribution in [2.45, 2.75) is 143 Å². The summed E-state index contributed by atoms with van der Waals surface area (Å²) in [4.78, 5) is 24.8. The van der Waals surface area contributed by atoms with Gasteiger partial charge in [-0.2, -0.15) is 0 Å². The second-order valence-corrected chi connectivity index (χ2v) is 17.8. The molecule has 4 N–H and O–H groups in total. The van der Waals surface area contributed by atoms with E-state index in [9.17, 15) is 30.0 Å². The third-order valence-electron chi connectivity index (χ3n) is 15.2. The topological polar surface area (TPSA) is 143 Å². The number of carboxylic acids is 1. The second-order valence-electron chi connectivity index (χ2n) is 17.8. The number of hydrogen-bond donors (Lipinski definition) is 4. The Kier molecular flexibility index (Phi) is 8.41. The number of aliphatic carboxylic acids is 1. The fourth-order valence-electron chi connectivity index (χ4n) is 12.2. The predicted molar refractivity (Wildman–Crippen MR) is 170 cm³/mol. The summed E-state index contributed by atoms with van der Waals surface area (Å²) < 4.78 is 17.7. The SMILES string of the molecule is CC(=O)O[C@H]1[C@H](O[C@H]2CC[C@@]3(C)[C@@H](CC[C@]4(C)[C@@H]3CC=C3[C@@H]5CC(C)(C)CC[C@]5(C(=O)O)CC[C@]34C)[C@]2(C)CO)OC[C@H](O)[C@@H]1O. The minimum Gasteiger partial charge on any atom is -0.481 e. The van der Waals surface area contributed by atoms with Crippen LogP contribution in [0, 0.1) is 50.2 Å². The van der Waals surface area contributed by atoms with Crippen molar-refractivity contribution in [1.29, 1.82) is 0 Å². The summed E-state index contributed by atoms with van der Waals surface area (Å²) >= 11 is 0. The van der Waals surface area contributed by atoms with Gasteiger partial charge in [-0.15, -0.1) is 0 Å². The molecule has 9 heteroatoms. The molecule has 0 aromatic rings. The van der Waals surface area contributed by atoms with E-state index in [1.807, 2.05) is 0 Å². The number of carbonyl (C=O) groups excluding carboxylic acids is 1. The van der Waals surface area contributed by atoms with Crippen molar-refractivity contribution in [3.8, 4) is 0 Å². The molecule has 6 aliphatic rings. The fraction of sp³-hybridized carbons (Fsp3) is 0.892. The molecule has 1 heterocycles. The Morgan fingerprint density at radius 2 is 1.65 bits per heavy atom. The van der Waals surface area contributed by atoms with Crippen LogP contribution >= 0.6 is 0 Å². The molecule has 9 nitrogen and oxygen atoms in total. The first kappa shape index (κ1) is 34.3. The lowest BCUT2D eigenvalue weighted by Crippen LogP contribution is -2.66. The van der Waals surface area contributed by atoms with Crippen LogP contribution in [0.25, 0.3) is 0 Å². The Hall–Kier alpha value is -1.52. The molecular formula is C37H58O9. The van der Waals surface area contributed by atoms with Gasteiger partial charge in [-0.1, -0.05) is 53.2 Å². The van der Waals surface area contributed by atoms with E-state index in [0.29, 0.717) is 12.3 Å². The zero-order valence-electron chi connectivity index (χ0n) is 29.0. The molecule has 0 aromatic carbocycles. The highest BCUT2D eigenvalue weighted by atomic mass is 16.7. The van der Waals surface area contributed by atoms with Gasteiger partial charge in [0.2, 0.25) is 0 Å². The Labute approximate surface area is 274 Å². The van der Waals surface area contributed by atoms with Gasteiger partial charge in [-0.3, -0.25) is 9.59 Å². The van der Waals surface area contributed by atoms with Gasteiger partial charge in [-0.05, 0) is 104 Å². The van der Waals surface area contributed by atoms with E-state index in [1.54, 1.807) is 0 Å². The fourth-order valence-corrected chi connectivity index (χ4v) is 12.2. The molecule has 1 aliphatic heterocycles. The number of allylic oxidation sites excluding steroid dienone is 2. The molecule has 46 heavy (non-hydrogen) atoms. The van der Waals surface area contributed by atoms with Crippen LogP contribution in [0.15, 0.2) is 11.6 Å². The monoisotopic (exact) mass is 646 g/mol. The first-order valence-corrected chi connectivity index (χ1v) is 17.7. The lowest BCUT2D eigenvalue weighted by Gasteiger charge is -2.71. The number of aliphatic hydroxyl groups excluding tert-OH is 3. The van der Waals surface area contributed by atoms with Gasteiger partial charge >= 0.3 is 11.9 Å². The van der Waals surface area contributed by atoms with Crippen LogP contribution in [-0.4, -0.2) is 76.3 Å². The largest absolute Gasteiger partial charge is 0.481 e. The van der Waals surface area contributed by atoms with Gasteiger partial charge in [0.25, 0.3) is 0 Å². The van der Waals surface area contributed by atoms with E-state index in [-0.39, 0.29) is 46.7 Å². The van der Waals surface area contributed by atoms with Crippen molar-refractivity contribution >= 4 is 11.9 Å². The molecule has 0 radical (unpaired) electrons. The van der Waals surface area contributed by atoms with Crippen LogP contribution in [0.3, 0.4) is 0 Å². The van der Waals surface area contributed by atoms with Crippen LogP contribution in [-0.2, 0) is 23.8 Å². The molecule has 5 aliphatic carbocycles. The van der Waals surface area contributed by atoms with E-state index >= 15 is 0 Å². The molecule has 1 saturated heterocycles. The minimum absolute atomic E-state index is 0.00814. The summed E-state index contributed by atoms with van der Waals surface area (Å²) in [6.07, 6.45) is 5.98. The average molecular weight is 647 g/mol. The summed E-state index contributed by atoms with van der Waals surface area (Å²) in [5.74, 6) is -0.624. The van der Waals surface area contributed by atoms with Gasteiger partial charge in [0, 0.05) is 12.3 Å². The second kappa shape index (κ2) is 11.3.